The predicted molar refractivity (Wildman–Crippen MR) is 104 cm³/mol. The van der Waals surface area contributed by atoms with Crippen molar-refractivity contribution >= 4 is 17.6 Å². The summed E-state index contributed by atoms with van der Waals surface area (Å²) in [6.07, 6.45) is 3.23. The molecular weight excluding hydrogens is 356 g/mol. The largest absolute Gasteiger partial charge is 0.497 e. The number of rotatable bonds is 2. The fourth-order valence-electron chi connectivity index (χ4n) is 5.87. The summed E-state index contributed by atoms with van der Waals surface area (Å²) in [4.78, 5) is 28.2. The van der Waals surface area contributed by atoms with E-state index < -0.39 is 5.41 Å². The number of nitrogens with zero attached hydrogens (tertiary/aromatic N) is 1. The van der Waals surface area contributed by atoms with E-state index in [0.717, 1.165) is 37.2 Å². The molecule has 1 aromatic carbocycles. The first kappa shape index (κ1) is 17.7. The Bertz CT molecular complexity index is 866. The van der Waals surface area contributed by atoms with Crippen molar-refractivity contribution < 1.29 is 19.1 Å². The maximum atomic E-state index is 13.2. The van der Waals surface area contributed by atoms with Crippen LogP contribution in [0.1, 0.15) is 32.3 Å². The number of amides is 1. The van der Waals surface area contributed by atoms with Gasteiger partial charge < -0.3 is 14.8 Å². The number of carbonyl (C=O) groups is 2. The molecule has 0 unspecified atom stereocenters. The first-order valence-corrected chi connectivity index (χ1v) is 10.2. The fourth-order valence-corrected chi connectivity index (χ4v) is 5.87. The lowest BCUT2D eigenvalue weighted by molar-refractivity contribution is -0.141. The zero-order chi connectivity index (χ0) is 19.5. The van der Waals surface area contributed by atoms with Crippen molar-refractivity contribution in [2.45, 2.75) is 44.2 Å². The lowest BCUT2D eigenvalue weighted by atomic mass is 9.66. The van der Waals surface area contributed by atoms with E-state index in [2.05, 4.69) is 23.2 Å². The van der Waals surface area contributed by atoms with E-state index in [1.807, 2.05) is 25.1 Å². The lowest BCUT2D eigenvalue weighted by Crippen LogP contribution is -2.56. The number of esters is 1. The molecule has 0 saturated carbocycles. The minimum atomic E-state index is -0.525. The third-order valence-corrected chi connectivity index (χ3v) is 7.23. The quantitative estimate of drug-likeness (QED) is 0.796. The fraction of sp³-hybridized carbons (Fsp3) is 0.545. The van der Waals surface area contributed by atoms with E-state index in [4.69, 9.17) is 9.47 Å². The molecule has 148 valence electrons. The van der Waals surface area contributed by atoms with Crippen LogP contribution in [0.3, 0.4) is 0 Å². The number of benzene rings is 1. The average molecular weight is 382 g/mol. The van der Waals surface area contributed by atoms with Gasteiger partial charge in [-0.15, -0.1) is 0 Å². The van der Waals surface area contributed by atoms with Crippen molar-refractivity contribution in [1.82, 2.24) is 4.90 Å². The molecule has 6 heteroatoms. The topological polar surface area (TPSA) is 67.9 Å². The van der Waals surface area contributed by atoms with Crippen LogP contribution in [0.25, 0.3) is 0 Å². The molecule has 0 aliphatic carbocycles. The third-order valence-electron chi connectivity index (χ3n) is 7.23. The Kier molecular flexibility index (Phi) is 4.02. The Labute approximate surface area is 164 Å². The number of nitrogens with one attached hydrogen (secondary N) is 1. The van der Waals surface area contributed by atoms with Crippen molar-refractivity contribution in [2.75, 3.05) is 25.0 Å². The highest BCUT2D eigenvalue weighted by atomic mass is 16.5. The predicted octanol–water partition coefficient (Wildman–Crippen LogP) is 2.45. The first-order chi connectivity index (χ1) is 13.6. The van der Waals surface area contributed by atoms with E-state index in [-0.39, 0.29) is 35.9 Å². The van der Waals surface area contributed by atoms with Crippen LogP contribution in [0.4, 0.5) is 5.69 Å². The maximum Gasteiger partial charge on any atom is 0.337 e. The summed E-state index contributed by atoms with van der Waals surface area (Å²) >= 11 is 0. The first-order valence-electron chi connectivity index (χ1n) is 10.2. The molecule has 0 bridgehead atoms. The maximum absolute atomic E-state index is 13.2. The van der Waals surface area contributed by atoms with Gasteiger partial charge in [-0.05, 0) is 44.9 Å². The van der Waals surface area contributed by atoms with Gasteiger partial charge in [-0.1, -0.05) is 18.2 Å². The summed E-state index contributed by atoms with van der Waals surface area (Å²) in [6.45, 7) is 5.96. The summed E-state index contributed by atoms with van der Waals surface area (Å²) < 4.78 is 11.1. The van der Waals surface area contributed by atoms with Gasteiger partial charge in [-0.3, -0.25) is 9.69 Å². The highest BCUT2D eigenvalue weighted by Crippen LogP contribution is 2.53. The molecule has 2 fully saturated rings. The Balaban J connectivity index is 1.53. The summed E-state index contributed by atoms with van der Waals surface area (Å²) in [5, 5.41) is 3.10. The molecule has 5 atom stereocenters. The van der Waals surface area contributed by atoms with Crippen LogP contribution in [0.2, 0.25) is 0 Å². The number of para-hydroxylation sites is 1. The molecule has 4 aliphatic rings. The zero-order valence-corrected chi connectivity index (χ0v) is 16.3. The van der Waals surface area contributed by atoms with Crippen molar-refractivity contribution in [3.05, 3.63) is 41.7 Å². The van der Waals surface area contributed by atoms with Gasteiger partial charge in [0.15, 0.2) is 0 Å². The van der Waals surface area contributed by atoms with Crippen molar-refractivity contribution in [1.29, 1.82) is 0 Å². The van der Waals surface area contributed by atoms with E-state index >= 15 is 0 Å². The summed E-state index contributed by atoms with van der Waals surface area (Å²) in [5.74, 6) is 0.0951. The number of ether oxygens (including phenoxy) is 2. The lowest BCUT2D eigenvalue weighted by Gasteiger charge is -2.48. The van der Waals surface area contributed by atoms with Gasteiger partial charge in [-0.2, -0.15) is 0 Å². The SMILES string of the molecule is CCOC(=O)C1=CO[C@@H](C)[C@@H]2CN3CC[C@@]4(C(=O)Nc5ccccc54)[C@@H]3C[C@H]12. The summed E-state index contributed by atoms with van der Waals surface area (Å²) in [6, 6.07) is 8.12. The normalized spacial score (nSPS) is 36.1. The van der Waals surface area contributed by atoms with Crippen LogP contribution in [-0.4, -0.2) is 48.6 Å². The average Bonchev–Trinajstić information content (AvgIpc) is 3.20. The number of piperidine rings is 1. The molecule has 6 nitrogen and oxygen atoms in total. The minimum Gasteiger partial charge on any atom is -0.497 e. The van der Waals surface area contributed by atoms with Gasteiger partial charge >= 0.3 is 5.97 Å². The van der Waals surface area contributed by atoms with Crippen molar-refractivity contribution in [2.24, 2.45) is 11.8 Å². The monoisotopic (exact) mass is 382 g/mol. The molecule has 0 aromatic heterocycles. The molecule has 1 N–H and O–H groups in total. The van der Waals surface area contributed by atoms with E-state index in [1.54, 1.807) is 6.26 Å². The zero-order valence-electron chi connectivity index (χ0n) is 16.3. The van der Waals surface area contributed by atoms with Crippen molar-refractivity contribution in [3.8, 4) is 0 Å². The van der Waals surface area contributed by atoms with Gasteiger partial charge in [0.25, 0.3) is 0 Å². The second kappa shape index (κ2) is 6.34. The van der Waals surface area contributed by atoms with E-state index in [9.17, 15) is 9.59 Å². The molecule has 2 saturated heterocycles. The molecule has 1 spiro atoms. The minimum absolute atomic E-state index is 0.0466. The standard InChI is InChI=1S/C22H26N2O4/c1-3-27-20(25)16-12-28-13(2)15-11-24-9-8-22(19(24)10-14(15)16)17-6-4-5-7-18(17)23-21(22)26/h4-7,12-15,19H,3,8-11H2,1-2H3,(H,23,26)/t13-,14-,15-,19-,22-/m0/s1. The third kappa shape index (κ3) is 2.30. The number of fused-ring (bicyclic) bond motifs is 5. The van der Waals surface area contributed by atoms with Gasteiger partial charge in [-0.25, -0.2) is 4.79 Å². The van der Waals surface area contributed by atoms with Gasteiger partial charge in [0.05, 0.1) is 30.0 Å². The number of anilines is 1. The summed E-state index contributed by atoms with van der Waals surface area (Å²) in [7, 11) is 0. The second-order valence-corrected chi connectivity index (χ2v) is 8.37. The number of carbonyl (C=O) groups excluding carboxylic acids is 2. The number of hydrogen-bond acceptors (Lipinski definition) is 5. The smallest absolute Gasteiger partial charge is 0.337 e. The molecule has 28 heavy (non-hydrogen) atoms. The highest BCUT2D eigenvalue weighted by molar-refractivity contribution is 6.07. The second-order valence-electron chi connectivity index (χ2n) is 8.37. The Morgan fingerprint density at radius 3 is 3.04 bits per heavy atom. The van der Waals surface area contributed by atoms with Gasteiger partial charge in [0, 0.05) is 30.1 Å². The van der Waals surface area contributed by atoms with Crippen LogP contribution in [0.15, 0.2) is 36.1 Å². The molecule has 4 aliphatic heterocycles. The van der Waals surface area contributed by atoms with Crippen LogP contribution in [0, 0.1) is 11.8 Å². The Morgan fingerprint density at radius 1 is 1.39 bits per heavy atom. The van der Waals surface area contributed by atoms with E-state index in [1.165, 1.54) is 0 Å². The van der Waals surface area contributed by atoms with Crippen LogP contribution in [0.5, 0.6) is 0 Å². The Morgan fingerprint density at radius 2 is 2.21 bits per heavy atom. The molecule has 1 amide bonds. The summed E-state index contributed by atoms with van der Waals surface area (Å²) in [5.41, 5.74) is 2.13. The Hall–Kier alpha value is -2.34. The number of hydrogen-bond donors (Lipinski definition) is 1. The van der Waals surface area contributed by atoms with Gasteiger partial charge in [0.1, 0.15) is 0 Å². The van der Waals surface area contributed by atoms with Crippen molar-refractivity contribution in [3.63, 3.8) is 0 Å². The highest BCUT2D eigenvalue weighted by Gasteiger charge is 2.61. The molecule has 1 aromatic rings. The van der Waals surface area contributed by atoms with Crippen LogP contribution < -0.4 is 5.32 Å². The van der Waals surface area contributed by atoms with Gasteiger partial charge in [0.2, 0.25) is 5.91 Å². The van der Waals surface area contributed by atoms with Crippen LogP contribution in [-0.2, 0) is 24.5 Å². The van der Waals surface area contributed by atoms with E-state index in [0.29, 0.717) is 12.2 Å². The van der Waals surface area contributed by atoms with Crippen LogP contribution >= 0.6 is 0 Å². The molecule has 0 radical (unpaired) electrons. The molecule has 5 rings (SSSR count). The molecular formula is C22H26N2O4. The molecule has 4 heterocycles.